The van der Waals surface area contributed by atoms with E-state index < -0.39 is 18.6 Å². The monoisotopic (exact) mass is 213 g/mol. The highest BCUT2D eigenvalue weighted by Gasteiger charge is 2.00. The summed E-state index contributed by atoms with van der Waals surface area (Å²) in [6.45, 7) is 3.53. The highest BCUT2D eigenvalue weighted by Crippen LogP contribution is 2.07. The minimum Gasteiger partial charge on any atom is -1.00 e. The molecule has 0 aromatic carbocycles. The van der Waals surface area contributed by atoms with E-state index in [4.69, 9.17) is 0 Å². The number of allylic oxidation sites excluding steroid dienone is 2. The number of hydrogen-bond donors (Lipinski definition) is 0. The molecule has 0 amide bonds. The molecule has 0 nitrogen and oxygen atoms in total. The lowest BCUT2D eigenvalue weighted by Gasteiger charge is -1.79. The molecule has 0 aromatic heterocycles. The zero-order valence-corrected chi connectivity index (χ0v) is 6.64. The van der Waals surface area contributed by atoms with Crippen LogP contribution in [-0.4, -0.2) is 6.67 Å². The van der Waals surface area contributed by atoms with Crippen LogP contribution in [0.25, 0.3) is 0 Å². The molecule has 7 heteroatoms. The van der Waals surface area contributed by atoms with Crippen molar-refractivity contribution in [2.45, 2.75) is 6.92 Å². The van der Waals surface area contributed by atoms with E-state index in [2.05, 4.69) is 6.58 Å². The van der Waals surface area contributed by atoms with E-state index in [0.717, 1.165) is 0 Å². The molecule has 0 aromatic rings. The molecule has 0 spiro atoms. The highest BCUT2D eigenvalue weighted by atomic mass is 19.3. The van der Waals surface area contributed by atoms with Gasteiger partial charge >= 0.3 is 6.08 Å². The molecule has 0 rings (SSSR count). The van der Waals surface area contributed by atoms with Crippen LogP contribution in [0.5, 0.6) is 0 Å². The normalized spacial score (nSPS) is 5.62. The van der Waals surface area contributed by atoms with Gasteiger partial charge in [0.05, 0.1) is 0 Å². The van der Waals surface area contributed by atoms with E-state index in [9.17, 15) is 17.6 Å². The molecule has 0 saturated carbocycles. The first-order valence-corrected chi connectivity index (χ1v) is 2.42. The SMILES string of the molecule is C=CC.FCC(F)=C(F)F.[F-].[F-].[F-]. The van der Waals surface area contributed by atoms with Crippen molar-refractivity contribution >= 4 is 0 Å². The van der Waals surface area contributed by atoms with Crippen LogP contribution in [0.4, 0.5) is 17.6 Å². The van der Waals surface area contributed by atoms with Crippen molar-refractivity contribution in [3.05, 3.63) is 24.6 Å². The van der Waals surface area contributed by atoms with Crippen molar-refractivity contribution in [2.24, 2.45) is 0 Å². The van der Waals surface area contributed by atoms with Crippen molar-refractivity contribution < 1.29 is 31.7 Å². The summed E-state index contributed by atoms with van der Waals surface area (Å²) in [4.78, 5) is 0. The van der Waals surface area contributed by atoms with Gasteiger partial charge in [0.2, 0.25) is 0 Å². The largest absolute Gasteiger partial charge is 1.00 e. The first-order chi connectivity index (χ1) is 4.59. The fraction of sp³-hybridized carbons (Fsp3) is 0.333. The van der Waals surface area contributed by atoms with E-state index in [0.29, 0.717) is 0 Å². The van der Waals surface area contributed by atoms with Crippen molar-refractivity contribution in [1.82, 2.24) is 0 Å². The Labute approximate surface area is 71.0 Å². The maximum atomic E-state index is 11.0. The molecule has 0 aliphatic heterocycles. The summed E-state index contributed by atoms with van der Waals surface area (Å²) >= 11 is 0. The van der Waals surface area contributed by atoms with Gasteiger partial charge in [0.15, 0.2) is 5.83 Å². The van der Waals surface area contributed by atoms with Gasteiger partial charge in [0, 0.05) is 0 Å². The number of hydrogen-bond acceptors (Lipinski definition) is 0. The Morgan fingerprint density at radius 3 is 1.38 bits per heavy atom. The summed E-state index contributed by atoms with van der Waals surface area (Å²) < 4.78 is 43.1. The topological polar surface area (TPSA) is 0 Å². The van der Waals surface area contributed by atoms with Crippen molar-refractivity contribution in [2.75, 3.05) is 6.67 Å². The predicted molar refractivity (Wildman–Crippen MR) is 32.2 cm³/mol. The Morgan fingerprint density at radius 2 is 1.38 bits per heavy atom. The zero-order chi connectivity index (χ0) is 8.57. The van der Waals surface area contributed by atoms with Gasteiger partial charge in [0.1, 0.15) is 6.67 Å². The molecule has 0 aliphatic rings. The average Bonchev–Trinajstić information content (AvgIpc) is 1.88. The summed E-state index contributed by atoms with van der Waals surface area (Å²) in [5.74, 6) is -1.99. The molecule has 0 heterocycles. The third-order valence-electron chi connectivity index (χ3n) is 0.322. The highest BCUT2D eigenvalue weighted by molar-refractivity contribution is 4.90. The molecule has 0 bridgehead atoms. The predicted octanol–water partition coefficient (Wildman–Crippen LogP) is -5.76. The van der Waals surface area contributed by atoms with Crippen LogP contribution in [0, 0.1) is 0 Å². The summed E-state index contributed by atoms with van der Waals surface area (Å²) in [6.07, 6.45) is -0.831. The standard InChI is InChI=1S/C3H2F4.C3H6.3FH/c4-1-2(5)3(6)7;1-3-2;;;/h1H2;3H,1H2,2H3;3*1H/p-3. The van der Waals surface area contributed by atoms with E-state index >= 15 is 0 Å². The Morgan fingerprint density at radius 1 is 1.15 bits per heavy atom. The first-order valence-electron chi connectivity index (χ1n) is 2.42. The van der Waals surface area contributed by atoms with Gasteiger partial charge in [-0.2, -0.15) is 8.78 Å². The molecular formula is C6H8F7-3. The lowest BCUT2D eigenvalue weighted by atomic mass is 10.6. The fourth-order valence-electron chi connectivity index (χ4n) is 0.0505. The van der Waals surface area contributed by atoms with E-state index in [-0.39, 0.29) is 14.1 Å². The minimum atomic E-state index is -2.58. The van der Waals surface area contributed by atoms with Gasteiger partial charge < -0.3 is 14.1 Å². The van der Waals surface area contributed by atoms with Gasteiger partial charge in [-0.3, -0.25) is 0 Å². The lowest BCUT2D eigenvalue weighted by Crippen LogP contribution is -3.00. The number of halogens is 7. The smallest absolute Gasteiger partial charge is 0.304 e. The molecule has 0 radical (unpaired) electrons. The van der Waals surface area contributed by atoms with E-state index in [1.807, 2.05) is 6.92 Å². The molecule has 0 N–H and O–H groups in total. The van der Waals surface area contributed by atoms with Crippen molar-refractivity contribution in [3.63, 3.8) is 0 Å². The van der Waals surface area contributed by atoms with Gasteiger partial charge in [-0.25, -0.2) is 8.78 Å². The first kappa shape index (κ1) is 29.6. The second-order valence-corrected chi connectivity index (χ2v) is 1.21. The van der Waals surface area contributed by atoms with Crippen LogP contribution in [-0.2, 0) is 0 Å². The number of rotatable bonds is 1. The van der Waals surface area contributed by atoms with Crippen LogP contribution < -0.4 is 14.1 Å². The minimum absolute atomic E-state index is 0. The second-order valence-electron chi connectivity index (χ2n) is 1.21. The summed E-state index contributed by atoms with van der Waals surface area (Å²) in [5, 5.41) is 0. The summed E-state index contributed by atoms with van der Waals surface area (Å²) in [6, 6.07) is 0. The molecular weight excluding hydrogens is 205 g/mol. The maximum Gasteiger partial charge on any atom is 0.304 e. The fourth-order valence-corrected chi connectivity index (χ4v) is 0.0505. The van der Waals surface area contributed by atoms with Gasteiger partial charge in [-0.1, -0.05) is 6.08 Å². The van der Waals surface area contributed by atoms with Gasteiger partial charge in [-0.05, 0) is 6.92 Å². The Hall–Kier alpha value is -1.01. The molecule has 0 fully saturated rings. The van der Waals surface area contributed by atoms with E-state index in [1.54, 1.807) is 6.08 Å². The van der Waals surface area contributed by atoms with Crippen LogP contribution in [0.2, 0.25) is 0 Å². The van der Waals surface area contributed by atoms with Crippen molar-refractivity contribution in [3.8, 4) is 0 Å². The summed E-state index contributed by atoms with van der Waals surface area (Å²) in [5.41, 5.74) is 0. The zero-order valence-electron chi connectivity index (χ0n) is 6.64. The maximum absolute atomic E-state index is 11.0. The summed E-state index contributed by atoms with van der Waals surface area (Å²) in [7, 11) is 0. The average molecular weight is 213 g/mol. The number of alkyl halides is 1. The lowest BCUT2D eigenvalue weighted by molar-refractivity contribution is -0.00100. The molecule has 84 valence electrons. The molecule has 0 aliphatic carbocycles. The van der Waals surface area contributed by atoms with Gasteiger partial charge in [0.25, 0.3) is 0 Å². The van der Waals surface area contributed by atoms with Crippen LogP contribution in [0.3, 0.4) is 0 Å². The molecule has 0 atom stereocenters. The van der Waals surface area contributed by atoms with Crippen molar-refractivity contribution in [1.29, 1.82) is 0 Å². The van der Waals surface area contributed by atoms with Crippen LogP contribution in [0.1, 0.15) is 6.92 Å². The van der Waals surface area contributed by atoms with E-state index in [1.165, 1.54) is 0 Å². The van der Waals surface area contributed by atoms with Crippen LogP contribution in [0.15, 0.2) is 24.6 Å². The quantitative estimate of drug-likeness (QED) is 0.301. The second kappa shape index (κ2) is 22.4. The molecule has 13 heavy (non-hydrogen) atoms. The third kappa shape index (κ3) is 35.7. The molecule has 0 saturated heterocycles. The van der Waals surface area contributed by atoms with Gasteiger partial charge in [-0.15, -0.1) is 6.58 Å². The Bertz CT molecular complexity index is 116. The Kier molecular flexibility index (Phi) is 51.2. The molecule has 0 unspecified atom stereocenters. The Balaban J connectivity index is -0.0000000320. The van der Waals surface area contributed by atoms with Crippen LogP contribution >= 0.6 is 0 Å². The third-order valence-corrected chi connectivity index (χ3v) is 0.322.